The van der Waals surface area contributed by atoms with Crippen molar-refractivity contribution in [3.8, 4) is 11.5 Å². The summed E-state index contributed by atoms with van der Waals surface area (Å²) in [5.74, 6) is -1.33. The van der Waals surface area contributed by atoms with Crippen molar-refractivity contribution in [1.29, 1.82) is 0 Å². The Labute approximate surface area is 276 Å². The van der Waals surface area contributed by atoms with Crippen molar-refractivity contribution in [3.05, 3.63) is 107 Å². The summed E-state index contributed by atoms with van der Waals surface area (Å²) in [7, 11) is -1.30. The highest BCUT2D eigenvalue weighted by Gasteiger charge is 2.28. The molecule has 0 spiro atoms. The second-order valence-corrected chi connectivity index (χ2v) is 12.2. The Balaban J connectivity index is 1.35. The van der Waals surface area contributed by atoms with Crippen molar-refractivity contribution in [2.75, 3.05) is 32.6 Å². The molecule has 3 aromatic carbocycles. The molecule has 3 N–H and O–H groups in total. The molecule has 0 unspecified atom stereocenters. The van der Waals surface area contributed by atoms with Crippen LogP contribution in [0.5, 0.6) is 11.5 Å². The van der Waals surface area contributed by atoms with E-state index in [4.69, 9.17) is 25.5 Å². The molecule has 0 saturated carbocycles. The molecule has 0 atom stereocenters. The molecule has 0 aliphatic carbocycles. The molecule has 0 radical (unpaired) electrons. The van der Waals surface area contributed by atoms with Crippen LogP contribution >= 0.6 is 11.6 Å². The third kappa shape index (κ3) is 9.90. The van der Waals surface area contributed by atoms with E-state index in [0.717, 1.165) is 9.87 Å². The summed E-state index contributed by atoms with van der Waals surface area (Å²) >= 11 is 5.89. The highest BCUT2D eigenvalue weighted by atomic mass is 35.5. The van der Waals surface area contributed by atoms with Crippen LogP contribution < -0.4 is 25.5 Å². The van der Waals surface area contributed by atoms with Gasteiger partial charge >= 0.3 is 11.8 Å². The number of benzene rings is 3. The molecule has 3 amide bonds. The SMILES string of the molecule is COc1ccc(S(=O)(=O)N(CCc2ccccc2)CC(=O)N/N=C\c2ccc(CNC(=O)C(=O)Nc3cccc(Cl)c3)o2)cc1OC. The Morgan fingerprint density at radius 2 is 1.68 bits per heavy atom. The molecule has 0 bridgehead atoms. The zero-order valence-electron chi connectivity index (χ0n) is 25.4. The molecule has 13 nitrogen and oxygen atoms in total. The number of carbonyl (C=O) groups is 3. The van der Waals surface area contributed by atoms with E-state index in [2.05, 4.69) is 21.2 Å². The summed E-state index contributed by atoms with van der Waals surface area (Å²) in [6.45, 7) is -0.595. The minimum atomic E-state index is -4.14. The van der Waals surface area contributed by atoms with Crippen LogP contribution in [0.3, 0.4) is 0 Å². The molecular formula is C32H32ClN5O8S. The van der Waals surface area contributed by atoms with Crippen LogP contribution in [0.4, 0.5) is 5.69 Å². The molecular weight excluding hydrogens is 650 g/mol. The normalized spacial score (nSPS) is 11.3. The molecule has 1 aromatic heterocycles. The molecule has 0 fully saturated rings. The zero-order chi connectivity index (χ0) is 33.8. The van der Waals surface area contributed by atoms with Gasteiger partial charge in [0.2, 0.25) is 10.0 Å². The standard InChI is InChI=1S/C32H32ClN5O8S/c1-44-28-14-13-27(18-29(28)45-2)47(42,43)38(16-15-22-7-4-3-5-8-22)21-30(39)37-35-20-26-12-11-25(46-26)19-34-31(40)32(41)36-24-10-6-9-23(33)17-24/h3-14,17-18,20H,15-16,19,21H2,1-2H3,(H,34,40)(H,36,41)(H,37,39)/b35-20-. The van der Waals surface area contributed by atoms with E-state index in [0.29, 0.717) is 28.6 Å². The first-order valence-corrected chi connectivity index (χ1v) is 15.9. The van der Waals surface area contributed by atoms with Gasteiger partial charge in [-0.15, -0.1) is 0 Å². The number of amides is 3. The lowest BCUT2D eigenvalue weighted by atomic mass is 10.1. The van der Waals surface area contributed by atoms with E-state index in [1.165, 1.54) is 50.8 Å². The minimum Gasteiger partial charge on any atom is -0.493 e. The highest BCUT2D eigenvalue weighted by Crippen LogP contribution is 2.30. The molecule has 0 aliphatic heterocycles. The number of hydrogen-bond acceptors (Lipinski definition) is 9. The number of hydrazone groups is 1. The van der Waals surface area contributed by atoms with E-state index in [1.807, 2.05) is 30.3 Å². The van der Waals surface area contributed by atoms with Crippen LogP contribution in [-0.2, 0) is 37.4 Å². The second kappa shape index (κ2) is 16.4. The van der Waals surface area contributed by atoms with Crippen LogP contribution in [0.2, 0.25) is 5.02 Å². The summed E-state index contributed by atoms with van der Waals surface area (Å²) < 4.78 is 44.4. The maximum Gasteiger partial charge on any atom is 0.313 e. The number of anilines is 1. The molecule has 4 rings (SSSR count). The molecule has 15 heteroatoms. The fourth-order valence-corrected chi connectivity index (χ4v) is 5.84. The molecule has 246 valence electrons. The van der Waals surface area contributed by atoms with E-state index in [-0.39, 0.29) is 29.5 Å². The smallest absolute Gasteiger partial charge is 0.313 e. The van der Waals surface area contributed by atoms with Crippen molar-refractivity contribution in [2.45, 2.75) is 17.9 Å². The van der Waals surface area contributed by atoms with Gasteiger partial charge in [-0.1, -0.05) is 48.0 Å². The number of hydrogen-bond donors (Lipinski definition) is 3. The van der Waals surface area contributed by atoms with Crippen molar-refractivity contribution in [3.63, 3.8) is 0 Å². The average Bonchev–Trinajstić information content (AvgIpc) is 3.53. The summed E-state index contributed by atoms with van der Waals surface area (Å²) in [6, 6.07) is 22.9. The van der Waals surface area contributed by atoms with Crippen molar-refractivity contribution < 1.29 is 36.7 Å². The third-order valence-electron chi connectivity index (χ3n) is 6.58. The summed E-state index contributed by atoms with van der Waals surface area (Å²) in [4.78, 5) is 37.1. The molecule has 47 heavy (non-hydrogen) atoms. The largest absolute Gasteiger partial charge is 0.493 e. The lowest BCUT2D eigenvalue weighted by Crippen LogP contribution is -2.40. The lowest BCUT2D eigenvalue weighted by molar-refractivity contribution is -0.136. The molecule has 1 heterocycles. The van der Waals surface area contributed by atoms with Crippen molar-refractivity contribution in [2.24, 2.45) is 5.10 Å². The van der Waals surface area contributed by atoms with Crippen LogP contribution in [0.15, 0.2) is 99.3 Å². The number of sulfonamides is 1. The number of nitrogens with zero attached hydrogens (tertiary/aromatic N) is 2. The third-order valence-corrected chi connectivity index (χ3v) is 8.66. The Morgan fingerprint density at radius 1 is 0.915 bits per heavy atom. The van der Waals surface area contributed by atoms with Crippen molar-refractivity contribution in [1.82, 2.24) is 15.0 Å². The number of ether oxygens (including phenoxy) is 2. The highest BCUT2D eigenvalue weighted by molar-refractivity contribution is 7.89. The van der Waals surface area contributed by atoms with Gasteiger partial charge in [0.25, 0.3) is 5.91 Å². The van der Waals surface area contributed by atoms with Gasteiger partial charge in [-0.2, -0.15) is 9.41 Å². The number of rotatable bonds is 14. The fraction of sp³-hybridized carbons (Fsp3) is 0.188. The van der Waals surface area contributed by atoms with Gasteiger partial charge < -0.3 is 24.5 Å². The average molecular weight is 682 g/mol. The predicted molar refractivity (Wildman–Crippen MR) is 175 cm³/mol. The van der Waals surface area contributed by atoms with Gasteiger partial charge in [-0.05, 0) is 54.4 Å². The Kier molecular flexibility index (Phi) is 12.1. The first kappa shape index (κ1) is 34.7. The number of nitrogens with one attached hydrogen (secondary N) is 3. The first-order valence-electron chi connectivity index (χ1n) is 14.1. The fourth-order valence-electron chi connectivity index (χ4n) is 4.23. The van der Waals surface area contributed by atoms with Crippen LogP contribution in [0.1, 0.15) is 17.1 Å². The van der Waals surface area contributed by atoms with E-state index < -0.39 is 34.3 Å². The van der Waals surface area contributed by atoms with E-state index >= 15 is 0 Å². The number of halogens is 1. The molecule has 4 aromatic rings. The lowest BCUT2D eigenvalue weighted by Gasteiger charge is -2.22. The van der Waals surface area contributed by atoms with Gasteiger partial charge in [0.1, 0.15) is 11.5 Å². The number of methoxy groups -OCH3 is 2. The first-order chi connectivity index (χ1) is 22.6. The minimum absolute atomic E-state index is 0.0161. The van der Waals surface area contributed by atoms with Crippen molar-refractivity contribution >= 4 is 51.2 Å². The number of carbonyl (C=O) groups excluding carboxylic acids is 3. The quantitative estimate of drug-likeness (QED) is 0.103. The van der Waals surface area contributed by atoms with Crippen LogP contribution in [0.25, 0.3) is 0 Å². The van der Waals surface area contributed by atoms with Gasteiger partial charge in [0.05, 0.1) is 38.4 Å². The van der Waals surface area contributed by atoms with Gasteiger partial charge in [-0.25, -0.2) is 13.8 Å². The Morgan fingerprint density at radius 3 is 2.40 bits per heavy atom. The second-order valence-electron chi connectivity index (χ2n) is 9.84. The monoisotopic (exact) mass is 681 g/mol. The summed E-state index contributed by atoms with van der Waals surface area (Å²) in [5.41, 5.74) is 3.58. The molecule has 0 aliphatic rings. The molecule has 0 saturated heterocycles. The summed E-state index contributed by atoms with van der Waals surface area (Å²) in [6.07, 6.45) is 1.57. The van der Waals surface area contributed by atoms with Crippen LogP contribution in [-0.4, -0.2) is 64.0 Å². The topological polar surface area (TPSA) is 169 Å². The van der Waals surface area contributed by atoms with Crippen LogP contribution in [0, 0.1) is 0 Å². The predicted octanol–water partition coefficient (Wildman–Crippen LogP) is 3.59. The van der Waals surface area contributed by atoms with Gasteiger partial charge in [0.15, 0.2) is 11.5 Å². The van der Waals surface area contributed by atoms with E-state index in [1.54, 1.807) is 24.3 Å². The van der Waals surface area contributed by atoms with E-state index in [9.17, 15) is 22.8 Å². The number of furan rings is 1. The maximum absolute atomic E-state index is 13.6. The zero-order valence-corrected chi connectivity index (χ0v) is 27.0. The van der Waals surface area contributed by atoms with Gasteiger partial charge in [0, 0.05) is 23.3 Å². The Hall–Kier alpha value is -5.18. The maximum atomic E-state index is 13.6. The van der Waals surface area contributed by atoms with Gasteiger partial charge in [-0.3, -0.25) is 14.4 Å². The summed E-state index contributed by atoms with van der Waals surface area (Å²) in [5, 5.41) is 9.16. The Bertz CT molecular complexity index is 1850.